The fraction of sp³-hybridized carbons (Fsp3) is 0.227. The standard InChI is InChI=1S/C22H20ClN3O3/c1-5-8-28-22(27)17-13(4)29-21(25)16(10-24)18(17)15-9-14-7-6-11(2)12(3)19(14)26-20(15)23/h5-7,9,18H,1,8,25H2,2-4H3/t18-/m0/s1. The Labute approximate surface area is 173 Å². The van der Waals surface area contributed by atoms with Gasteiger partial charge in [0, 0.05) is 10.9 Å². The van der Waals surface area contributed by atoms with Crippen molar-refractivity contribution >= 4 is 28.5 Å². The van der Waals surface area contributed by atoms with Gasteiger partial charge in [-0.25, -0.2) is 9.78 Å². The topological polar surface area (TPSA) is 98.2 Å². The average molecular weight is 410 g/mol. The molecule has 148 valence electrons. The Kier molecular flexibility index (Phi) is 5.62. The van der Waals surface area contributed by atoms with Gasteiger partial charge in [-0.05, 0) is 38.0 Å². The summed E-state index contributed by atoms with van der Waals surface area (Å²) in [5.41, 5.74) is 9.52. The van der Waals surface area contributed by atoms with E-state index in [1.165, 1.54) is 6.08 Å². The SMILES string of the molecule is C=CCOC(=O)C1=C(C)OC(N)=C(C#N)[C@@H]1c1cc2ccc(C)c(C)c2nc1Cl. The van der Waals surface area contributed by atoms with Crippen molar-refractivity contribution in [2.24, 2.45) is 5.73 Å². The predicted octanol–water partition coefficient (Wildman–Crippen LogP) is 4.32. The number of hydrogen-bond acceptors (Lipinski definition) is 6. The van der Waals surface area contributed by atoms with E-state index in [9.17, 15) is 10.1 Å². The van der Waals surface area contributed by atoms with Gasteiger partial charge >= 0.3 is 5.97 Å². The molecule has 0 bridgehead atoms. The lowest BCUT2D eigenvalue weighted by Crippen LogP contribution is -2.26. The number of nitrogens with two attached hydrogens (primary N) is 1. The van der Waals surface area contributed by atoms with Gasteiger partial charge in [0.2, 0.25) is 5.88 Å². The van der Waals surface area contributed by atoms with E-state index in [0.29, 0.717) is 5.56 Å². The summed E-state index contributed by atoms with van der Waals surface area (Å²) in [6.07, 6.45) is 1.46. The average Bonchev–Trinajstić information content (AvgIpc) is 2.68. The number of nitriles is 1. The molecule has 0 radical (unpaired) electrons. The van der Waals surface area contributed by atoms with Crippen LogP contribution in [0.15, 0.2) is 53.6 Å². The van der Waals surface area contributed by atoms with Gasteiger partial charge in [0.05, 0.1) is 17.0 Å². The van der Waals surface area contributed by atoms with Crippen LogP contribution in [0.1, 0.15) is 29.5 Å². The number of halogens is 1. The molecule has 0 saturated carbocycles. The van der Waals surface area contributed by atoms with Crippen molar-refractivity contribution in [3.8, 4) is 6.07 Å². The number of carbonyl (C=O) groups is 1. The quantitative estimate of drug-likeness (QED) is 0.458. The molecule has 7 heteroatoms. The number of aryl methyl sites for hydroxylation is 2. The molecule has 0 spiro atoms. The number of allylic oxidation sites excluding steroid dienone is 2. The number of benzene rings is 1. The maximum absolute atomic E-state index is 12.7. The van der Waals surface area contributed by atoms with Gasteiger partial charge in [-0.2, -0.15) is 5.26 Å². The summed E-state index contributed by atoms with van der Waals surface area (Å²) < 4.78 is 10.7. The van der Waals surface area contributed by atoms with Crippen LogP contribution >= 0.6 is 11.6 Å². The lowest BCUT2D eigenvalue weighted by molar-refractivity contribution is -0.138. The van der Waals surface area contributed by atoms with Gasteiger partial charge in [0.25, 0.3) is 0 Å². The Morgan fingerprint density at radius 1 is 1.45 bits per heavy atom. The second-order valence-electron chi connectivity index (χ2n) is 6.73. The number of aromatic nitrogens is 1. The molecule has 0 unspecified atom stereocenters. The van der Waals surface area contributed by atoms with Crippen molar-refractivity contribution in [1.82, 2.24) is 4.98 Å². The zero-order chi connectivity index (χ0) is 21.3. The number of nitrogens with zero attached hydrogens (tertiary/aromatic N) is 2. The summed E-state index contributed by atoms with van der Waals surface area (Å²) in [5.74, 6) is -1.32. The van der Waals surface area contributed by atoms with E-state index in [-0.39, 0.29) is 34.5 Å². The summed E-state index contributed by atoms with van der Waals surface area (Å²) in [4.78, 5) is 17.3. The van der Waals surface area contributed by atoms with Crippen LogP contribution in [0.2, 0.25) is 5.15 Å². The molecular weight excluding hydrogens is 390 g/mol. The molecule has 2 aromatic rings. The third kappa shape index (κ3) is 3.57. The first-order valence-electron chi connectivity index (χ1n) is 8.92. The monoisotopic (exact) mass is 409 g/mol. The first-order chi connectivity index (χ1) is 13.8. The molecule has 0 fully saturated rings. The Morgan fingerprint density at radius 2 is 2.17 bits per heavy atom. The van der Waals surface area contributed by atoms with Crippen LogP contribution in [0, 0.1) is 25.2 Å². The van der Waals surface area contributed by atoms with E-state index in [1.807, 2.05) is 38.1 Å². The Hall–Kier alpha value is -3.30. The maximum Gasteiger partial charge on any atom is 0.338 e. The second-order valence-corrected chi connectivity index (χ2v) is 7.09. The molecule has 1 aromatic carbocycles. The van der Waals surface area contributed by atoms with Crippen LogP contribution in [-0.2, 0) is 14.3 Å². The molecule has 1 aliphatic rings. The van der Waals surface area contributed by atoms with Crippen LogP contribution in [0.25, 0.3) is 10.9 Å². The van der Waals surface area contributed by atoms with Crippen LogP contribution in [-0.4, -0.2) is 17.6 Å². The molecule has 2 heterocycles. The summed E-state index contributed by atoms with van der Waals surface area (Å²) in [6, 6.07) is 7.77. The van der Waals surface area contributed by atoms with Gasteiger partial charge in [-0.1, -0.05) is 36.4 Å². The smallest absolute Gasteiger partial charge is 0.338 e. The summed E-state index contributed by atoms with van der Waals surface area (Å²) in [7, 11) is 0. The lowest BCUT2D eigenvalue weighted by Gasteiger charge is -2.27. The molecule has 3 rings (SSSR count). The minimum atomic E-state index is -0.850. The number of carbonyl (C=O) groups excluding carboxylic acids is 1. The molecule has 0 saturated heterocycles. The van der Waals surface area contributed by atoms with E-state index >= 15 is 0 Å². The van der Waals surface area contributed by atoms with E-state index in [4.69, 9.17) is 26.8 Å². The van der Waals surface area contributed by atoms with Crippen molar-refractivity contribution in [2.45, 2.75) is 26.7 Å². The van der Waals surface area contributed by atoms with Gasteiger partial charge in [0.1, 0.15) is 29.2 Å². The van der Waals surface area contributed by atoms with E-state index in [1.54, 1.807) is 6.92 Å². The highest BCUT2D eigenvalue weighted by Crippen LogP contribution is 2.42. The Morgan fingerprint density at radius 3 is 2.83 bits per heavy atom. The Balaban J connectivity index is 2.26. The highest BCUT2D eigenvalue weighted by molar-refractivity contribution is 6.31. The first kappa shape index (κ1) is 20.4. The molecular formula is C22H20ClN3O3. The van der Waals surface area contributed by atoms with Crippen LogP contribution < -0.4 is 5.73 Å². The molecule has 2 N–H and O–H groups in total. The minimum Gasteiger partial charge on any atom is -0.458 e. The zero-order valence-electron chi connectivity index (χ0n) is 16.4. The molecule has 29 heavy (non-hydrogen) atoms. The fourth-order valence-electron chi connectivity index (χ4n) is 3.35. The maximum atomic E-state index is 12.7. The van der Waals surface area contributed by atoms with Gasteiger partial charge in [-0.3, -0.25) is 0 Å². The Bertz CT molecular complexity index is 1140. The van der Waals surface area contributed by atoms with Crippen molar-refractivity contribution in [3.05, 3.63) is 75.5 Å². The van der Waals surface area contributed by atoms with Crippen molar-refractivity contribution < 1.29 is 14.3 Å². The van der Waals surface area contributed by atoms with Crippen LogP contribution in [0.5, 0.6) is 0 Å². The summed E-state index contributed by atoms with van der Waals surface area (Å²) in [6.45, 7) is 9.12. The minimum absolute atomic E-state index is 0.0194. The predicted molar refractivity (Wildman–Crippen MR) is 111 cm³/mol. The fourth-order valence-corrected chi connectivity index (χ4v) is 3.60. The number of hydrogen-bond donors (Lipinski definition) is 1. The summed E-state index contributed by atoms with van der Waals surface area (Å²) in [5, 5.41) is 10.7. The third-order valence-electron chi connectivity index (χ3n) is 4.96. The van der Waals surface area contributed by atoms with E-state index in [0.717, 1.165) is 22.0 Å². The van der Waals surface area contributed by atoms with Gasteiger partial charge < -0.3 is 15.2 Å². The first-order valence-corrected chi connectivity index (χ1v) is 9.30. The number of rotatable bonds is 4. The molecule has 1 atom stereocenters. The molecule has 0 amide bonds. The largest absolute Gasteiger partial charge is 0.458 e. The van der Waals surface area contributed by atoms with Gasteiger partial charge in [-0.15, -0.1) is 0 Å². The molecule has 0 aliphatic carbocycles. The molecule has 1 aliphatic heterocycles. The highest BCUT2D eigenvalue weighted by Gasteiger charge is 2.38. The van der Waals surface area contributed by atoms with E-state index < -0.39 is 11.9 Å². The van der Waals surface area contributed by atoms with Crippen molar-refractivity contribution in [3.63, 3.8) is 0 Å². The van der Waals surface area contributed by atoms with E-state index in [2.05, 4.69) is 11.6 Å². The molecule has 1 aromatic heterocycles. The van der Waals surface area contributed by atoms with Crippen molar-refractivity contribution in [1.29, 1.82) is 5.26 Å². The number of fused-ring (bicyclic) bond motifs is 1. The lowest BCUT2D eigenvalue weighted by atomic mass is 9.83. The van der Waals surface area contributed by atoms with Crippen molar-refractivity contribution in [2.75, 3.05) is 6.61 Å². The van der Waals surface area contributed by atoms with Crippen LogP contribution in [0.4, 0.5) is 0 Å². The number of pyridine rings is 1. The number of esters is 1. The highest BCUT2D eigenvalue weighted by atomic mass is 35.5. The second kappa shape index (κ2) is 7.98. The van der Waals surface area contributed by atoms with Crippen LogP contribution in [0.3, 0.4) is 0 Å². The zero-order valence-corrected chi connectivity index (χ0v) is 17.1. The molecule has 6 nitrogen and oxygen atoms in total. The summed E-state index contributed by atoms with van der Waals surface area (Å²) >= 11 is 6.54. The van der Waals surface area contributed by atoms with Gasteiger partial charge in [0.15, 0.2) is 0 Å². The third-order valence-corrected chi connectivity index (χ3v) is 5.26. The normalized spacial score (nSPS) is 16.4. The number of ether oxygens (including phenoxy) is 2.